The average molecular weight is 670 g/mol. The van der Waals surface area contributed by atoms with Crippen molar-refractivity contribution in [2.24, 2.45) is 0 Å². The molecule has 46 heavy (non-hydrogen) atoms. The first kappa shape index (κ1) is 31.8. The van der Waals surface area contributed by atoms with Crippen molar-refractivity contribution in [2.75, 3.05) is 48.8 Å². The number of aryl methyl sites for hydroxylation is 1. The number of H-pyrrole nitrogens is 1. The molecule has 2 aliphatic heterocycles. The van der Waals surface area contributed by atoms with Crippen molar-refractivity contribution >= 4 is 50.4 Å². The van der Waals surface area contributed by atoms with Crippen LogP contribution >= 0.6 is 11.3 Å². The van der Waals surface area contributed by atoms with Gasteiger partial charge in [-0.2, -0.15) is 9.40 Å². The molecule has 2 amide bonds. The molecule has 0 radical (unpaired) electrons. The highest BCUT2D eigenvalue weighted by Gasteiger charge is 2.48. The molecule has 0 saturated carbocycles. The molecule has 242 valence electrons. The van der Waals surface area contributed by atoms with Gasteiger partial charge in [-0.05, 0) is 75.2 Å². The van der Waals surface area contributed by atoms with E-state index in [1.807, 2.05) is 24.4 Å². The number of hydrogen-bond donors (Lipinski definition) is 3. The number of nitrogens with zero attached hydrogens (tertiary/aromatic N) is 4. The molecule has 4 heterocycles. The molecular weight excluding hydrogens is 637 g/mol. The van der Waals surface area contributed by atoms with Gasteiger partial charge in [0.05, 0.1) is 32.3 Å². The molecular formula is C31H33F2N7O4S2. The second kappa shape index (κ2) is 11.9. The van der Waals surface area contributed by atoms with Gasteiger partial charge >= 0.3 is 0 Å². The normalized spacial score (nSPS) is 16.8. The summed E-state index contributed by atoms with van der Waals surface area (Å²) in [6.07, 6.45) is 0. The van der Waals surface area contributed by atoms with Crippen molar-refractivity contribution in [3.8, 4) is 0 Å². The van der Waals surface area contributed by atoms with Gasteiger partial charge in [0.1, 0.15) is 11.6 Å². The predicted molar refractivity (Wildman–Crippen MR) is 172 cm³/mol. The number of carbonyl (C=O) groups is 2. The maximum Gasteiger partial charge on any atom is 0.266 e. The number of aromatic amines is 1. The topological polar surface area (TPSA) is 131 Å². The standard InChI is InChI=1S/C31H33F2N7O4S2/c1-18-7-12-45-26(18)30(42)34-25-16-21(39-10-8-38(4)9-11-39)5-6-23(25)29(41)35-28-24-17-40(31(2,3)27(24)36-37-28)46(43,44)22-14-19(32)13-20(33)15-22/h5-7,12-16H,8-11,17H2,1-4H3,(H,34,42)(H2,35,36,37,41). The summed E-state index contributed by atoms with van der Waals surface area (Å²) in [5.41, 5.74) is 1.84. The van der Waals surface area contributed by atoms with Gasteiger partial charge < -0.3 is 20.4 Å². The molecule has 0 aliphatic carbocycles. The molecule has 1 saturated heterocycles. The van der Waals surface area contributed by atoms with Crippen LogP contribution in [0.25, 0.3) is 0 Å². The predicted octanol–water partition coefficient (Wildman–Crippen LogP) is 4.75. The van der Waals surface area contributed by atoms with Gasteiger partial charge in [0.15, 0.2) is 5.82 Å². The van der Waals surface area contributed by atoms with Crippen LogP contribution in [-0.2, 0) is 22.1 Å². The first-order chi connectivity index (χ1) is 21.8. The summed E-state index contributed by atoms with van der Waals surface area (Å²) in [5, 5.41) is 14.6. The van der Waals surface area contributed by atoms with Crippen LogP contribution in [0, 0.1) is 18.6 Å². The molecule has 0 bridgehead atoms. The minimum Gasteiger partial charge on any atom is -0.369 e. The first-order valence-corrected chi connectivity index (χ1v) is 16.9. The highest BCUT2D eigenvalue weighted by atomic mass is 32.2. The number of hydrogen-bond acceptors (Lipinski definition) is 8. The van der Waals surface area contributed by atoms with Crippen molar-refractivity contribution < 1.29 is 26.8 Å². The summed E-state index contributed by atoms with van der Waals surface area (Å²) in [6.45, 7) is 8.22. The average Bonchev–Trinajstić information content (AvgIpc) is 3.68. The Morgan fingerprint density at radius 2 is 1.67 bits per heavy atom. The zero-order chi connectivity index (χ0) is 33.0. The van der Waals surface area contributed by atoms with E-state index in [4.69, 9.17) is 0 Å². The number of halogens is 2. The minimum absolute atomic E-state index is 0.103. The Morgan fingerprint density at radius 3 is 2.33 bits per heavy atom. The van der Waals surface area contributed by atoms with Crippen LogP contribution < -0.4 is 15.5 Å². The van der Waals surface area contributed by atoms with E-state index in [-0.39, 0.29) is 23.8 Å². The van der Waals surface area contributed by atoms with Gasteiger partial charge in [-0.1, -0.05) is 0 Å². The van der Waals surface area contributed by atoms with Crippen LogP contribution in [0.1, 0.15) is 50.7 Å². The van der Waals surface area contributed by atoms with E-state index in [0.29, 0.717) is 27.9 Å². The van der Waals surface area contributed by atoms with Gasteiger partial charge in [-0.15, -0.1) is 11.3 Å². The molecule has 3 N–H and O–H groups in total. The maximum absolute atomic E-state index is 14.0. The highest BCUT2D eigenvalue weighted by Crippen LogP contribution is 2.44. The number of amides is 2. The van der Waals surface area contributed by atoms with Crippen LogP contribution in [0.2, 0.25) is 0 Å². The van der Waals surface area contributed by atoms with Gasteiger partial charge in [-0.3, -0.25) is 14.7 Å². The molecule has 1 fully saturated rings. The number of fused-ring (bicyclic) bond motifs is 1. The first-order valence-electron chi connectivity index (χ1n) is 14.6. The van der Waals surface area contributed by atoms with Crippen LogP contribution in [0.4, 0.5) is 26.0 Å². The second-order valence-electron chi connectivity index (χ2n) is 12.0. The Bertz CT molecular complexity index is 1930. The number of nitrogens with one attached hydrogen (secondary N) is 3. The van der Waals surface area contributed by atoms with Crippen molar-refractivity contribution in [3.05, 3.63) is 86.7 Å². The van der Waals surface area contributed by atoms with Gasteiger partial charge in [-0.25, -0.2) is 17.2 Å². The quantitative estimate of drug-likeness (QED) is 0.259. The number of thiophene rings is 1. The maximum atomic E-state index is 14.0. The molecule has 2 aromatic carbocycles. The molecule has 0 unspecified atom stereocenters. The number of carbonyl (C=O) groups excluding carboxylic acids is 2. The zero-order valence-corrected chi connectivity index (χ0v) is 27.3. The highest BCUT2D eigenvalue weighted by molar-refractivity contribution is 7.89. The molecule has 0 atom stereocenters. The lowest BCUT2D eigenvalue weighted by Gasteiger charge is -2.34. The van der Waals surface area contributed by atoms with Crippen LogP contribution in [0.5, 0.6) is 0 Å². The smallest absolute Gasteiger partial charge is 0.266 e. The number of likely N-dealkylation sites (N-methyl/N-ethyl adjacent to an activating group) is 1. The summed E-state index contributed by atoms with van der Waals surface area (Å²) in [6, 6.07) is 9.24. The zero-order valence-electron chi connectivity index (χ0n) is 25.6. The van der Waals surface area contributed by atoms with Crippen molar-refractivity contribution in [2.45, 2.75) is 37.8 Å². The van der Waals surface area contributed by atoms with E-state index in [0.717, 1.165) is 53.9 Å². The Morgan fingerprint density at radius 1 is 0.978 bits per heavy atom. The van der Waals surface area contributed by atoms with E-state index in [1.165, 1.54) is 11.3 Å². The summed E-state index contributed by atoms with van der Waals surface area (Å²) < 4.78 is 56.1. The lowest BCUT2D eigenvalue weighted by Crippen LogP contribution is -2.44. The molecule has 2 aromatic heterocycles. The minimum atomic E-state index is -4.35. The third-order valence-electron chi connectivity index (χ3n) is 8.49. The lowest BCUT2D eigenvalue weighted by molar-refractivity contribution is 0.102. The number of anilines is 3. The van der Waals surface area contributed by atoms with E-state index in [9.17, 15) is 26.8 Å². The van der Waals surface area contributed by atoms with Crippen molar-refractivity contribution in [1.29, 1.82) is 0 Å². The third-order valence-corrected chi connectivity index (χ3v) is 11.5. The fourth-order valence-corrected chi connectivity index (χ4v) is 8.43. The monoisotopic (exact) mass is 669 g/mol. The largest absolute Gasteiger partial charge is 0.369 e. The molecule has 4 aromatic rings. The van der Waals surface area contributed by atoms with Crippen LogP contribution in [0.15, 0.2) is 52.7 Å². The molecule has 11 nitrogen and oxygen atoms in total. The van der Waals surface area contributed by atoms with Crippen LogP contribution in [0.3, 0.4) is 0 Å². The van der Waals surface area contributed by atoms with Crippen molar-refractivity contribution in [1.82, 2.24) is 19.4 Å². The van der Waals surface area contributed by atoms with Gasteiger partial charge in [0.2, 0.25) is 10.0 Å². The van der Waals surface area contributed by atoms with E-state index >= 15 is 0 Å². The fourth-order valence-electron chi connectivity index (χ4n) is 5.84. The lowest BCUT2D eigenvalue weighted by atomic mass is 10.0. The summed E-state index contributed by atoms with van der Waals surface area (Å²) in [7, 11) is -2.29. The summed E-state index contributed by atoms with van der Waals surface area (Å²) in [5.74, 6) is -2.83. The number of sulfonamides is 1. The number of piperazine rings is 1. The SMILES string of the molecule is Cc1ccsc1C(=O)Nc1cc(N2CCN(C)CC2)ccc1C(=O)Nc1n[nH]c2c1CN(S(=O)(=O)c1cc(F)cc(F)c1)C2(C)C. The van der Waals surface area contributed by atoms with E-state index in [1.54, 1.807) is 26.0 Å². The Kier molecular flexibility index (Phi) is 8.21. The van der Waals surface area contributed by atoms with Crippen LogP contribution in [-0.4, -0.2) is 72.9 Å². The number of aromatic nitrogens is 2. The molecule has 0 spiro atoms. The number of benzene rings is 2. The summed E-state index contributed by atoms with van der Waals surface area (Å²) in [4.78, 5) is 31.5. The summed E-state index contributed by atoms with van der Waals surface area (Å²) >= 11 is 1.30. The van der Waals surface area contributed by atoms with Gasteiger partial charge in [0, 0.05) is 50.0 Å². The molecule has 15 heteroatoms. The number of rotatable bonds is 7. The molecule has 2 aliphatic rings. The fraction of sp³-hybridized carbons (Fsp3) is 0.323. The Balaban J connectivity index is 1.30. The molecule has 6 rings (SSSR count). The Hall–Kier alpha value is -4.18. The Labute approximate surface area is 269 Å². The van der Waals surface area contributed by atoms with E-state index < -0.39 is 38.0 Å². The van der Waals surface area contributed by atoms with Crippen molar-refractivity contribution in [3.63, 3.8) is 0 Å². The second-order valence-corrected chi connectivity index (χ2v) is 14.7. The van der Waals surface area contributed by atoms with Gasteiger partial charge in [0.25, 0.3) is 11.8 Å². The third kappa shape index (κ3) is 5.79. The van der Waals surface area contributed by atoms with E-state index in [2.05, 4.69) is 37.7 Å².